The molecule has 2 unspecified atom stereocenters. The highest BCUT2D eigenvalue weighted by Crippen LogP contribution is 2.23. The smallest absolute Gasteiger partial charge is 0.306 e. The number of aliphatic hydroxyl groups is 4. The maximum absolute atomic E-state index is 12.8. The second-order valence-corrected chi connectivity index (χ2v) is 16.9. The summed E-state index contributed by atoms with van der Waals surface area (Å²) in [6.45, 7) is 3.40. The molecule has 1 heterocycles. The first-order valence-electron chi connectivity index (χ1n) is 24.4. The molecule has 10 nitrogen and oxygen atoms in total. The predicted octanol–water partition coefficient (Wildman–Crippen LogP) is 10.9. The lowest BCUT2D eigenvalue weighted by molar-refractivity contribution is -0.305. The maximum atomic E-state index is 12.8. The highest BCUT2D eigenvalue weighted by atomic mass is 16.7. The lowest BCUT2D eigenvalue weighted by Crippen LogP contribution is -2.59. The summed E-state index contributed by atoms with van der Waals surface area (Å²) in [7, 11) is 0. The van der Waals surface area contributed by atoms with Crippen LogP contribution in [-0.2, 0) is 28.5 Å². The van der Waals surface area contributed by atoms with E-state index in [0.717, 1.165) is 64.2 Å². The molecule has 346 valence electrons. The van der Waals surface area contributed by atoms with E-state index in [9.17, 15) is 30.0 Å². The fourth-order valence-electron chi connectivity index (χ4n) is 7.44. The van der Waals surface area contributed by atoms with Gasteiger partial charge >= 0.3 is 11.9 Å². The second kappa shape index (κ2) is 40.3. The van der Waals surface area contributed by atoms with Crippen LogP contribution in [0, 0.1) is 0 Å². The zero-order valence-electron chi connectivity index (χ0n) is 37.8. The van der Waals surface area contributed by atoms with Crippen molar-refractivity contribution in [3.8, 4) is 0 Å². The molecule has 0 bridgehead atoms. The predicted molar refractivity (Wildman–Crippen MR) is 238 cm³/mol. The summed E-state index contributed by atoms with van der Waals surface area (Å²) in [5, 5.41) is 40.1. The quantitative estimate of drug-likeness (QED) is 0.0266. The van der Waals surface area contributed by atoms with Gasteiger partial charge in [-0.2, -0.15) is 0 Å². The number of ether oxygens (including phenoxy) is 4. The Morgan fingerprint density at radius 3 is 1.46 bits per heavy atom. The second-order valence-electron chi connectivity index (χ2n) is 16.9. The van der Waals surface area contributed by atoms with Gasteiger partial charge in [0.2, 0.25) is 0 Å². The average molecular weight is 839 g/mol. The van der Waals surface area contributed by atoms with E-state index in [1.165, 1.54) is 116 Å². The fraction of sp³-hybridized carbons (Fsp3) is 0.878. The summed E-state index contributed by atoms with van der Waals surface area (Å²) in [6.07, 6.45) is 37.6. The van der Waals surface area contributed by atoms with Crippen molar-refractivity contribution < 1.29 is 49.0 Å². The van der Waals surface area contributed by atoms with Crippen LogP contribution in [0.4, 0.5) is 0 Å². The van der Waals surface area contributed by atoms with E-state index < -0.39 is 49.4 Å². The van der Waals surface area contributed by atoms with Crippen molar-refractivity contribution in [1.82, 2.24) is 0 Å². The van der Waals surface area contributed by atoms with Gasteiger partial charge in [-0.25, -0.2) is 0 Å². The summed E-state index contributed by atoms with van der Waals surface area (Å²) < 4.78 is 22.2. The number of esters is 2. The first-order chi connectivity index (χ1) is 28.8. The van der Waals surface area contributed by atoms with E-state index in [0.29, 0.717) is 12.8 Å². The largest absolute Gasteiger partial charge is 0.462 e. The van der Waals surface area contributed by atoms with Crippen LogP contribution in [0.1, 0.15) is 219 Å². The molecule has 1 saturated heterocycles. The zero-order valence-corrected chi connectivity index (χ0v) is 37.8. The van der Waals surface area contributed by atoms with Crippen LogP contribution in [0.25, 0.3) is 0 Å². The molecule has 1 aliphatic heterocycles. The maximum Gasteiger partial charge on any atom is 0.306 e. The van der Waals surface area contributed by atoms with Gasteiger partial charge in [0, 0.05) is 12.8 Å². The number of aliphatic hydroxyl groups excluding tert-OH is 4. The average Bonchev–Trinajstić information content (AvgIpc) is 3.23. The molecule has 0 aromatic rings. The third-order valence-electron chi connectivity index (χ3n) is 11.3. The van der Waals surface area contributed by atoms with Crippen LogP contribution < -0.4 is 0 Å². The van der Waals surface area contributed by atoms with Gasteiger partial charge in [-0.05, 0) is 38.5 Å². The Bertz CT molecular complexity index is 1020. The van der Waals surface area contributed by atoms with Crippen LogP contribution in [0.15, 0.2) is 24.3 Å². The normalized spacial score (nSPS) is 20.1. The van der Waals surface area contributed by atoms with Crippen molar-refractivity contribution in [3.63, 3.8) is 0 Å². The minimum atomic E-state index is -1.59. The van der Waals surface area contributed by atoms with E-state index in [-0.39, 0.29) is 32.0 Å². The van der Waals surface area contributed by atoms with Crippen molar-refractivity contribution in [3.05, 3.63) is 24.3 Å². The van der Waals surface area contributed by atoms with Crippen molar-refractivity contribution in [2.45, 2.75) is 256 Å². The number of rotatable bonds is 41. The van der Waals surface area contributed by atoms with E-state index in [2.05, 4.69) is 38.2 Å². The third-order valence-corrected chi connectivity index (χ3v) is 11.3. The number of unbranched alkanes of at least 4 members (excludes halogenated alkanes) is 26. The summed E-state index contributed by atoms with van der Waals surface area (Å²) in [5.41, 5.74) is 0. The minimum absolute atomic E-state index is 0.221. The van der Waals surface area contributed by atoms with Gasteiger partial charge in [0.1, 0.15) is 31.0 Å². The Balaban J connectivity index is 2.27. The number of carbonyl (C=O) groups excluding carboxylic acids is 2. The SMILES string of the molecule is CCCC/C=C/C/C=C/CCCCCCCC(=O)OC[C@H](CO[C@@H]1O[C@H](CO)[C@H](O)C(O)C1O)OC(=O)CCCCCCCCCCCCCCCCCCCCCC. The number of carbonyl (C=O) groups is 2. The monoisotopic (exact) mass is 839 g/mol. The fourth-order valence-corrected chi connectivity index (χ4v) is 7.44. The Morgan fingerprint density at radius 1 is 0.525 bits per heavy atom. The van der Waals surface area contributed by atoms with E-state index in [4.69, 9.17) is 18.9 Å². The van der Waals surface area contributed by atoms with Gasteiger partial charge in [-0.1, -0.05) is 192 Å². The molecule has 1 rings (SSSR count). The van der Waals surface area contributed by atoms with Gasteiger partial charge in [-0.3, -0.25) is 9.59 Å². The number of allylic oxidation sites excluding steroid dienone is 4. The number of hydrogen-bond donors (Lipinski definition) is 4. The van der Waals surface area contributed by atoms with Gasteiger partial charge in [0.05, 0.1) is 13.2 Å². The van der Waals surface area contributed by atoms with Crippen LogP contribution >= 0.6 is 0 Å². The molecular formula is C49H90O10. The molecule has 1 fully saturated rings. The molecule has 0 saturated carbocycles. The van der Waals surface area contributed by atoms with Gasteiger partial charge < -0.3 is 39.4 Å². The molecule has 0 amide bonds. The summed E-state index contributed by atoms with van der Waals surface area (Å²) in [4.78, 5) is 25.4. The van der Waals surface area contributed by atoms with Crippen molar-refractivity contribution >= 4 is 11.9 Å². The Hall–Kier alpha value is -1.82. The first-order valence-corrected chi connectivity index (χ1v) is 24.4. The highest BCUT2D eigenvalue weighted by Gasteiger charge is 2.44. The molecule has 0 aromatic heterocycles. The van der Waals surface area contributed by atoms with Crippen molar-refractivity contribution in [2.75, 3.05) is 19.8 Å². The first kappa shape index (κ1) is 55.2. The summed E-state index contributed by atoms with van der Waals surface area (Å²) in [5.74, 6) is -0.813. The van der Waals surface area contributed by atoms with Crippen molar-refractivity contribution in [2.24, 2.45) is 0 Å². The summed E-state index contributed by atoms with van der Waals surface area (Å²) >= 11 is 0. The molecule has 0 spiro atoms. The Morgan fingerprint density at radius 2 is 0.966 bits per heavy atom. The molecule has 59 heavy (non-hydrogen) atoms. The van der Waals surface area contributed by atoms with E-state index >= 15 is 0 Å². The van der Waals surface area contributed by atoms with Crippen LogP contribution in [-0.4, -0.2) is 89.0 Å². The van der Waals surface area contributed by atoms with E-state index in [1.807, 2.05) is 0 Å². The highest BCUT2D eigenvalue weighted by molar-refractivity contribution is 5.70. The standard InChI is InChI=1S/C49H90O10/c1-3-5-7-9-11-13-15-17-19-20-21-22-23-24-26-28-30-32-34-36-38-45(52)58-42(41-57-49-48(55)47(54)46(53)43(39-50)59-49)40-56-44(51)37-35-33-31-29-27-25-18-16-14-12-10-8-6-4-2/h10,12,16,18,42-43,46-50,53-55H,3-9,11,13-15,17,19-41H2,1-2H3/b12-10+,18-16+/t42-,43-,46+,47?,48?,49-/m1/s1. The molecular weight excluding hydrogens is 749 g/mol. The van der Waals surface area contributed by atoms with E-state index in [1.54, 1.807) is 0 Å². The Kier molecular flexibility index (Phi) is 37.7. The third kappa shape index (κ3) is 31.7. The van der Waals surface area contributed by atoms with Crippen molar-refractivity contribution in [1.29, 1.82) is 0 Å². The lowest BCUT2D eigenvalue weighted by Gasteiger charge is -2.39. The topological polar surface area (TPSA) is 152 Å². The van der Waals surface area contributed by atoms with Gasteiger partial charge in [0.15, 0.2) is 12.4 Å². The Labute approximate surface area is 360 Å². The number of hydrogen-bond acceptors (Lipinski definition) is 10. The minimum Gasteiger partial charge on any atom is -0.462 e. The molecule has 0 aliphatic carbocycles. The molecule has 0 radical (unpaired) electrons. The van der Waals surface area contributed by atoms with Crippen LogP contribution in [0.3, 0.4) is 0 Å². The lowest BCUT2D eigenvalue weighted by atomic mass is 9.99. The van der Waals surface area contributed by atoms with Gasteiger partial charge in [0.25, 0.3) is 0 Å². The zero-order chi connectivity index (χ0) is 43.0. The molecule has 6 atom stereocenters. The molecule has 1 aliphatic rings. The van der Waals surface area contributed by atoms with Gasteiger partial charge in [-0.15, -0.1) is 0 Å². The van der Waals surface area contributed by atoms with Crippen LogP contribution in [0.2, 0.25) is 0 Å². The summed E-state index contributed by atoms with van der Waals surface area (Å²) in [6, 6.07) is 0. The molecule has 10 heteroatoms. The van der Waals surface area contributed by atoms with Crippen LogP contribution in [0.5, 0.6) is 0 Å². The molecule has 4 N–H and O–H groups in total. The molecule has 0 aromatic carbocycles.